The molecule has 2 N–H and O–H groups in total. The molecule has 0 aromatic heterocycles. The van der Waals surface area contributed by atoms with Gasteiger partial charge in [0, 0.05) is 26.7 Å². The van der Waals surface area contributed by atoms with E-state index in [9.17, 15) is 12.8 Å². The molecule has 1 aliphatic rings. The van der Waals surface area contributed by atoms with Gasteiger partial charge in [-0.3, -0.25) is 0 Å². The van der Waals surface area contributed by atoms with Gasteiger partial charge in [-0.05, 0) is 30.5 Å². The Bertz CT molecular complexity index is 556. The smallest absolute Gasteiger partial charge is 0.253 e. The van der Waals surface area contributed by atoms with E-state index in [0.717, 1.165) is 18.9 Å². The first-order valence-electron chi connectivity index (χ1n) is 6.10. The van der Waals surface area contributed by atoms with Crippen molar-refractivity contribution in [2.45, 2.75) is 30.3 Å². The van der Waals surface area contributed by atoms with Crippen molar-refractivity contribution in [1.29, 1.82) is 0 Å². The number of nitrogens with one attached hydrogen (secondary N) is 2. The minimum absolute atomic E-state index is 0.0191. The summed E-state index contributed by atoms with van der Waals surface area (Å²) in [5.41, 5.74) is 0.572. The fraction of sp³-hybridized carbons (Fsp3) is 0.500. The van der Waals surface area contributed by atoms with Crippen molar-refractivity contribution in [3.05, 3.63) is 29.6 Å². The lowest BCUT2D eigenvalue weighted by Crippen LogP contribution is -2.36. The van der Waals surface area contributed by atoms with Crippen molar-refractivity contribution in [2.75, 3.05) is 14.1 Å². The molecule has 1 saturated carbocycles. The average Bonchev–Trinajstić information content (AvgIpc) is 3.09. The molecule has 1 aromatic rings. The Morgan fingerprint density at radius 3 is 2.63 bits per heavy atom. The number of sulfonamides is 1. The zero-order valence-corrected chi connectivity index (χ0v) is 11.8. The van der Waals surface area contributed by atoms with E-state index in [1.54, 1.807) is 14.1 Å². The normalized spacial score (nSPS) is 16.0. The van der Waals surface area contributed by atoms with Gasteiger partial charge < -0.3 is 5.32 Å². The maximum absolute atomic E-state index is 13.3. The molecule has 5 nitrogen and oxygen atoms in total. The molecule has 0 spiro atoms. The van der Waals surface area contributed by atoms with E-state index in [0.29, 0.717) is 18.2 Å². The number of hydrazine groups is 1. The van der Waals surface area contributed by atoms with Crippen LogP contribution in [0.2, 0.25) is 0 Å². The monoisotopic (exact) mass is 287 g/mol. The molecule has 1 aliphatic carbocycles. The standard InChI is InChI=1S/C12H18FN3O2S/c1-16(2)15-19(17,18)12-7-10(13)4-3-9(12)8-14-11-5-6-11/h3-4,7,11,14-15H,5-6,8H2,1-2H3. The summed E-state index contributed by atoms with van der Waals surface area (Å²) < 4.78 is 37.6. The number of rotatable bonds is 6. The van der Waals surface area contributed by atoms with Crippen molar-refractivity contribution in [2.24, 2.45) is 0 Å². The minimum Gasteiger partial charge on any atom is -0.310 e. The summed E-state index contributed by atoms with van der Waals surface area (Å²) in [6.07, 6.45) is 2.22. The van der Waals surface area contributed by atoms with Crippen molar-refractivity contribution in [3.63, 3.8) is 0 Å². The number of hydrogen-bond acceptors (Lipinski definition) is 4. The summed E-state index contributed by atoms with van der Waals surface area (Å²) in [5, 5.41) is 4.55. The molecule has 0 unspecified atom stereocenters. The van der Waals surface area contributed by atoms with E-state index >= 15 is 0 Å². The number of nitrogens with zero attached hydrogens (tertiary/aromatic N) is 1. The Kier molecular flexibility index (Phi) is 4.19. The molecule has 0 aliphatic heterocycles. The Morgan fingerprint density at radius 1 is 1.37 bits per heavy atom. The summed E-state index contributed by atoms with van der Waals surface area (Å²) in [6.45, 7) is 0.425. The van der Waals surface area contributed by atoms with E-state index < -0.39 is 15.8 Å². The van der Waals surface area contributed by atoms with Crippen molar-refractivity contribution < 1.29 is 12.8 Å². The van der Waals surface area contributed by atoms with Gasteiger partial charge in [0.2, 0.25) is 0 Å². The van der Waals surface area contributed by atoms with E-state index in [1.807, 2.05) is 0 Å². The van der Waals surface area contributed by atoms with E-state index in [2.05, 4.69) is 10.1 Å². The topological polar surface area (TPSA) is 61.4 Å². The fourth-order valence-corrected chi connectivity index (χ4v) is 3.09. The average molecular weight is 287 g/mol. The van der Waals surface area contributed by atoms with Gasteiger partial charge in [-0.25, -0.2) is 17.8 Å². The lowest BCUT2D eigenvalue weighted by molar-refractivity contribution is 0.363. The van der Waals surface area contributed by atoms with Gasteiger partial charge in [0.25, 0.3) is 10.0 Å². The van der Waals surface area contributed by atoms with Crippen LogP contribution in [0.15, 0.2) is 23.1 Å². The highest BCUT2D eigenvalue weighted by Gasteiger charge is 2.23. The van der Waals surface area contributed by atoms with Gasteiger partial charge in [-0.15, -0.1) is 4.83 Å². The van der Waals surface area contributed by atoms with E-state index in [1.165, 1.54) is 17.1 Å². The van der Waals surface area contributed by atoms with Crippen LogP contribution in [0.25, 0.3) is 0 Å². The largest absolute Gasteiger partial charge is 0.310 e. The summed E-state index contributed by atoms with van der Waals surface area (Å²) in [4.78, 5) is 2.30. The van der Waals surface area contributed by atoms with Gasteiger partial charge in [-0.1, -0.05) is 6.07 Å². The lowest BCUT2D eigenvalue weighted by Gasteiger charge is -2.15. The molecule has 0 amide bonds. The number of benzene rings is 1. The third-order valence-corrected chi connectivity index (χ3v) is 4.34. The maximum atomic E-state index is 13.3. The summed E-state index contributed by atoms with van der Waals surface area (Å²) in [5.74, 6) is -0.561. The fourth-order valence-electron chi connectivity index (χ4n) is 1.76. The highest BCUT2D eigenvalue weighted by Crippen LogP contribution is 2.22. The zero-order chi connectivity index (χ0) is 14.0. The van der Waals surface area contributed by atoms with Gasteiger partial charge in [0.15, 0.2) is 0 Å². The number of halogens is 1. The molecule has 0 heterocycles. The van der Waals surface area contributed by atoms with Crippen LogP contribution in [-0.2, 0) is 16.6 Å². The van der Waals surface area contributed by atoms with Crippen LogP contribution in [-0.4, -0.2) is 33.6 Å². The predicted octanol–water partition coefficient (Wildman–Crippen LogP) is 0.833. The van der Waals surface area contributed by atoms with Crippen LogP contribution in [0.3, 0.4) is 0 Å². The van der Waals surface area contributed by atoms with Crippen LogP contribution in [0.4, 0.5) is 4.39 Å². The Morgan fingerprint density at radius 2 is 2.05 bits per heavy atom. The van der Waals surface area contributed by atoms with E-state index in [4.69, 9.17) is 0 Å². The second kappa shape index (κ2) is 5.54. The molecular weight excluding hydrogens is 269 g/mol. The first-order valence-corrected chi connectivity index (χ1v) is 7.58. The van der Waals surface area contributed by atoms with Crippen molar-refractivity contribution >= 4 is 10.0 Å². The molecule has 0 bridgehead atoms. The third-order valence-electron chi connectivity index (χ3n) is 2.78. The second-order valence-electron chi connectivity index (χ2n) is 4.90. The molecule has 0 saturated heterocycles. The summed E-state index contributed by atoms with van der Waals surface area (Å²) in [6, 6.07) is 4.30. The third kappa shape index (κ3) is 3.97. The SMILES string of the molecule is CN(C)NS(=O)(=O)c1cc(F)ccc1CNC1CC1. The minimum atomic E-state index is -3.74. The molecule has 2 rings (SSSR count). The zero-order valence-electron chi connectivity index (χ0n) is 11.0. The molecule has 1 fully saturated rings. The summed E-state index contributed by atoms with van der Waals surface area (Å²) >= 11 is 0. The van der Waals surface area contributed by atoms with Gasteiger partial charge in [0.1, 0.15) is 5.82 Å². The van der Waals surface area contributed by atoms with Crippen LogP contribution >= 0.6 is 0 Å². The van der Waals surface area contributed by atoms with Crippen molar-refractivity contribution in [3.8, 4) is 0 Å². The Hall–Kier alpha value is -1.02. The Labute approximate surface area is 112 Å². The van der Waals surface area contributed by atoms with Gasteiger partial charge in [-0.2, -0.15) is 0 Å². The lowest BCUT2D eigenvalue weighted by atomic mass is 10.2. The van der Waals surface area contributed by atoms with Crippen LogP contribution in [0, 0.1) is 5.82 Å². The molecule has 7 heteroatoms. The van der Waals surface area contributed by atoms with Gasteiger partial charge in [0.05, 0.1) is 4.90 Å². The van der Waals surface area contributed by atoms with Crippen LogP contribution in [0.5, 0.6) is 0 Å². The second-order valence-corrected chi connectivity index (χ2v) is 6.53. The van der Waals surface area contributed by atoms with Crippen molar-refractivity contribution in [1.82, 2.24) is 15.2 Å². The maximum Gasteiger partial charge on any atom is 0.253 e. The first-order chi connectivity index (χ1) is 8.88. The molecule has 1 aromatic carbocycles. The predicted molar refractivity (Wildman–Crippen MR) is 70.3 cm³/mol. The molecular formula is C12H18FN3O2S. The van der Waals surface area contributed by atoms with Gasteiger partial charge >= 0.3 is 0 Å². The Balaban J connectivity index is 2.27. The highest BCUT2D eigenvalue weighted by atomic mass is 32.2. The van der Waals surface area contributed by atoms with Crippen LogP contribution < -0.4 is 10.1 Å². The molecule has 0 atom stereocenters. The quantitative estimate of drug-likeness (QED) is 0.761. The molecule has 106 valence electrons. The number of hydrogen-bond donors (Lipinski definition) is 2. The van der Waals surface area contributed by atoms with E-state index in [-0.39, 0.29) is 4.90 Å². The van der Waals surface area contributed by atoms with Crippen LogP contribution in [0.1, 0.15) is 18.4 Å². The molecule has 0 radical (unpaired) electrons. The molecule has 19 heavy (non-hydrogen) atoms. The first kappa shape index (κ1) is 14.4. The summed E-state index contributed by atoms with van der Waals surface area (Å²) in [7, 11) is -0.607. The highest BCUT2D eigenvalue weighted by molar-refractivity contribution is 7.89.